The third-order valence-electron chi connectivity index (χ3n) is 4.30. The number of fused-ring (bicyclic) bond motifs is 1. The lowest BCUT2D eigenvalue weighted by molar-refractivity contribution is 0.324. The van der Waals surface area contributed by atoms with E-state index in [0.29, 0.717) is 50.3 Å². The third kappa shape index (κ3) is 4.21. The fraction of sp³-hybridized carbons (Fsp3) is 0.316. The third-order valence-corrected chi connectivity index (χ3v) is 6.21. The molecule has 10 nitrogen and oxygen atoms in total. The van der Waals surface area contributed by atoms with Crippen LogP contribution in [0.2, 0.25) is 0 Å². The molecule has 0 spiro atoms. The number of hydrogen-bond acceptors (Lipinski definition) is 11. The number of hydrogen-bond donors (Lipinski definition) is 0. The van der Waals surface area contributed by atoms with Crippen molar-refractivity contribution in [3.05, 3.63) is 39.3 Å². The van der Waals surface area contributed by atoms with Gasteiger partial charge in [-0.25, -0.2) is 4.98 Å². The molecule has 31 heavy (non-hydrogen) atoms. The van der Waals surface area contributed by atoms with Crippen molar-refractivity contribution in [3.63, 3.8) is 0 Å². The minimum absolute atomic E-state index is 0.208. The first-order valence-corrected chi connectivity index (χ1v) is 11.0. The van der Waals surface area contributed by atoms with E-state index in [1.54, 1.807) is 12.1 Å². The summed E-state index contributed by atoms with van der Waals surface area (Å²) in [4.78, 5) is 17.4. The van der Waals surface area contributed by atoms with Gasteiger partial charge in [0.05, 0.1) is 27.0 Å². The van der Waals surface area contributed by atoms with Crippen LogP contribution in [0.3, 0.4) is 0 Å². The van der Waals surface area contributed by atoms with Crippen LogP contribution in [0, 0.1) is 0 Å². The maximum atomic E-state index is 12.3. The molecule has 162 valence electrons. The summed E-state index contributed by atoms with van der Waals surface area (Å²) >= 11 is 2.70. The molecule has 0 aliphatic rings. The molecule has 0 aliphatic heterocycles. The Morgan fingerprint density at radius 1 is 1.10 bits per heavy atom. The molecule has 0 atom stereocenters. The molecular formula is C19H19N5O5S2. The van der Waals surface area contributed by atoms with Crippen molar-refractivity contribution in [1.82, 2.24) is 24.8 Å². The average molecular weight is 462 g/mol. The van der Waals surface area contributed by atoms with E-state index in [4.69, 9.17) is 18.6 Å². The summed E-state index contributed by atoms with van der Waals surface area (Å²) in [5, 5.41) is 13.6. The second kappa shape index (κ2) is 8.94. The summed E-state index contributed by atoms with van der Waals surface area (Å²) in [7, 11) is 4.61. The van der Waals surface area contributed by atoms with E-state index in [2.05, 4.69) is 20.3 Å². The lowest BCUT2D eigenvalue weighted by Gasteiger charge is -2.12. The highest BCUT2D eigenvalue weighted by molar-refractivity contribution is 7.98. The zero-order valence-electron chi connectivity index (χ0n) is 17.2. The van der Waals surface area contributed by atoms with Crippen LogP contribution in [0.5, 0.6) is 17.2 Å². The highest BCUT2D eigenvalue weighted by Crippen LogP contribution is 2.41. The molecule has 0 N–H and O–H groups in total. The maximum absolute atomic E-state index is 12.3. The number of rotatable bonds is 8. The van der Waals surface area contributed by atoms with E-state index in [9.17, 15) is 4.79 Å². The lowest BCUT2D eigenvalue weighted by Crippen LogP contribution is -2.15. The van der Waals surface area contributed by atoms with Gasteiger partial charge >= 0.3 is 0 Å². The molecule has 4 aromatic rings. The Morgan fingerprint density at radius 3 is 2.48 bits per heavy atom. The number of benzene rings is 1. The molecule has 0 radical (unpaired) electrons. The van der Waals surface area contributed by atoms with Gasteiger partial charge in [-0.15, -0.1) is 10.2 Å². The van der Waals surface area contributed by atoms with Gasteiger partial charge in [0.15, 0.2) is 11.5 Å². The largest absolute Gasteiger partial charge is 0.493 e. The topological polar surface area (TPSA) is 114 Å². The second-order valence-corrected chi connectivity index (χ2v) is 8.17. The van der Waals surface area contributed by atoms with Crippen LogP contribution in [0.1, 0.15) is 17.6 Å². The first kappa shape index (κ1) is 21.1. The zero-order valence-corrected chi connectivity index (χ0v) is 18.9. The Balaban J connectivity index is 1.55. The van der Waals surface area contributed by atoms with Crippen molar-refractivity contribution in [2.45, 2.75) is 24.3 Å². The van der Waals surface area contributed by atoms with Gasteiger partial charge in [0.2, 0.25) is 16.6 Å². The fourth-order valence-electron chi connectivity index (χ4n) is 2.84. The minimum Gasteiger partial charge on any atom is -0.493 e. The predicted octanol–water partition coefficient (Wildman–Crippen LogP) is 3.08. The molecule has 4 rings (SSSR count). The van der Waals surface area contributed by atoms with E-state index >= 15 is 0 Å². The normalized spacial score (nSPS) is 11.1. The molecule has 0 bridgehead atoms. The maximum Gasteiger partial charge on any atom is 0.277 e. The molecule has 3 aromatic heterocycles. The molecule has 0 fully saturated rings. The second-order valence-electron chi connectivity index (χ2n) is 6.21. The minimum atomic E-state index is -0.208. The van der Waals surface area contributed by atoms with Gasteiger partial charge in [-0.05, 0) is 18.6 Å². The van der Waals surface area contributed by atoms with Crippen LogP contribution in [-0.2, 0) is 12.2 Å². The predicted molar refractivity (Wildman–Crippen MR) is 115 cm³/mol. The molecule has 3 heterocycles. The first-order chi connectivity index (χ1) is 15.1. The Hall–Kier alpha value is -3.12. The van der Waals surface area contributed by atoms with Gasteiger partial charge in [0, 0.05) is 17.4 Å². The smallest absolute Gasteiger partial charge is 0.277 e. The van der Waals surface area contributed by atoms with Crippen LogP contribution in [-0.4, -0.2) is 46.1 Å². The summed E-state index contributed by atoms with van der Waals surface area (Å²) in [5.74, 6) is 2.16. The SMILES string of the molecule is CCc1nn2c(=O)cc(CSc3nnc(-c4cc(OC)c(OC)c(OC)c4)o3)nc2s1. The van der Waals surface area contributed by atoms with Crippen LogP contribution >= 0.6 is 23.1 Å². The molecule has 1 aromatic carbocycles. The van der Waals surface area contributed by atoms with Gasteiger partial charge < -0.3 is 18.6 Å². The first-order valence-electron chi connectivity index (χ1n) is 9.21. The van der Waals surface area contributed by atoms with Crippen LogP contribution in [0.4, 0.5) is 0 Å². The quantitative estimate of drug-likeness (QED) is 0.363. The van der Waals surface area contributed by atoms with E-state index < -0.39 is 0 Å². The summed E-state index contributed by atoms with van der Waals surface area (Å²) < 4.78 is 23.2. The Labute approximate surface area is 185 Å². The van der Waals surface area contributed by atoms with Crippen LogP contribution in [0.25, 0.3) is 16.4 Å². The monoisotopic (exact) mass is 461 g/mol. The van der Waals surface area contributed by atoms with Crippen LogP contribution < -0.4 is 19.8 Å². The molecule has 0 saturated heterocycles. The van der Waals surface area contributed by atoms with Gasteiger partial charge in [0.25, 0.3) is 10.8 Å². The van der Waals surface area contributed by atoms with E-state index in [0.717, 1.165) is 11.4 Å². The van der Waals surface area contributed by atoms with Crippen molar-refractivity contribution in [2.75, 3.05) is 21.3 Å². The summed E-state index contributed by atoms with van der Waals surface area (Å²) in [6.45, 7) is 1.99. The molecule has 0 amide bonds. The summed E-state index contributed by atoms with van der Waals surface area (Å²) in [6.07, 6.45) is 0.753. The molecule has 12 heteroatoms. The van der Waals surface area contributed by atoms with Crippen molar-refractivity contribution in [3.8, 4) is 28.7 Å². The zero-order chi connectivity index (χ0) is 22.0. The van der Waals surface area contributed by atoms with E-state index in [-0.39, 0.29) is 5.56 Å². The van der Waals surface area contributed by atoms with Crippen molar-refractivity contribution in [2.24, 2.45) is 0 Å². The number of thioether (sulfide) groups is 1. The van der Waals surface area contributed by atoms with E-state index in [1.807, 2.05) is 6.92 Å². The lowest BCUT2D eigenvalue weighted by atomic mass is 10.2. The van der Waals surface area contributed by atoms with Crippen molar-refractivity contribution in [1.29, 1.82) is 0 Å². The van der Waals surface area contributed by atoms with E-state index in [1.165, 1.54) is 55.0 Å². The number of aromatic nitrogens is 5. The fourth-order valence-corrected chi connectivity index (χ4v) is 4.35. The number of nitrogens with zero attached hydrogens (tertiary/aromatic N) is 5. The molecule has 0 saturated carbocycles. The highest BCUT2D eigenvalue weighted by atomic mass is 32.2. The van der Waals surface area contributed by atoms with Gasteiger partial charge in [-0.3, -0.25) is 4.79 Å². The van der Waals surface area contributed by atoms with Crippen molar-refractivity contribution < 1.29 is 18.6 Å². The molecule has 0 unspecified atom stereocenters. The highest BCUT2D eigenvalue weighted by Gasteiger charge is 2.18. The van der Waals surface area contributed by atoms with Gasteiger partial charge in [-0.2, -0.15) is 9.61 Å². The van der Waals surface area contributed by atoms with Gasteiger partial charge in [-0.1, -0.05) is 30.0 Å². The van der Waals surface area contributed by atoms with Crippen LogP contribution in [0.15, 0.2) is 32.6 Å². The number of aryl methyl sites for hydroxylation is 1. The number of ether oxygens (including phenoxy) is 3. The summed E-state index contributed by atoms with van der Waals surface area (Å²) in [5.41, 5.74) is 1.04. The Morgan fingerprint density at radius 2 is 1.84 bits per heavy atom. The molecule has 0 aliphatic carbocycles. The standard InChI is InChI=1S/C19H19N5O5S2/c1-5-14-23-24-15(25)8-11(20-18(24)31-14)9-30-19-22-21-17(29-19)10-6-12(26-2)16(28-4)13(7-10)27-3/h6-8H,5,9H2,1-4H3. The average Bonchev–Trinajstić information content (AvgIpc) is 3.43. The Kier molecular flexibility index (Phi) is 6.09. The number of methoxy groups -OCH3 is 3. The Bertz CT molecular complexity index is 1260. The van der Waals surface area contributed by atoms with Gasteiger partial charge in [0.1, 0.15) is 5.01 Å². The molecular weight excluding hydrogens is 442 g/mol. The van der Waals surface area contributed by atoms with Crippen molar-refractivity contribution >= 4 is 28.1 Å². The summed E-state index contributed by atoms with van der Waals surface area (Å²) in [6, 6.07) is 4.93.